The first-order valence-electron chi connectivity index (χ1n) is 15.0. The fourth-order valence-corrected chi connectivity index (χ4v) is 6.00. The lowest BCUT2D eigenvalue weighted by Crippen LogP contribution is -2.50. The van der Waals surface area contributed by atoms with Crippen LogP contribution < -0.4 is 10.6 Å². The largest absolute Gasteiger partial charge is 0.459 e. The van der Waals surface area contributed by atoms with Crippen LogP contribution in [0.5, 0.6) is 0 Å². The van der Waals surface area contributed by atoms with Crippen molar-refractivity contribution in [1.29, 1.82) is 0 Å². The molecule has 0 aromatic carbocycles. The average Bonchev–Trinajstić information content (AvgIpc) is 3.63. The van der Waals surface area contributed by atoms with Crippen molar-refractivity contribution >= 4 is 27.6 Å². The molecular formula is C31H48N2O9S. The van der Waals surface area contributed by atoms with Gasteiger partial charge in [0.1, 0.15) is 15.9 Å². The van der Waals surface area contributed by atoms with Crippen LogP contribution in [0.1, 0.15) is 66.7 Å². The van der Waals surface area contributed by atoms with E-state index in [-0.39, 0.29) is 72.5 Å². The van der Waals surface area contributed by atoms with Gasteiger partial charge in [-0.3, -0.25) is 14.4 Å². The van der Waals surface area contributed by atoms with Gasteiger partial charge in [0.25, 0.3) is 0 Å². The summed E-state index contributed by atoms with van der Waals surface area (Å²) < 4.78 is 45.8. The summed E-state index contributed by atoms with van der Waals surface area (Å²) in [5, 5.41) is 5.67. The van der Waals surface area contributed by atoms with Gasteiger partial charge in [0, 0.05) is 38.6 Å². The number of amides is 2. The first kappa shape index (κ1) is 34.9. The summed E-state index contributed by atoms with van der Waals surface area (Å²) >= 11 is 0. The van der Waals surface area contributed by atoms with Crippen LogP contribution in [0.25, 0.3) is 0 Å². The van der Waals surface area contributed by atoms with Crippen LogP contribution in [0.15, 0.2) is 36.0 Å². The summed E-state index contributed by atoms with van der Waals surface area (Å²) in [6, 6.07) is -0.118. The fraction of sp³-hybridized carbons (Fsp3) is 0.710. The lowest BCUT2D eigenvalue weighted by Gasteiger charge is -2.39. The number of carbonyl (C=O) groups is 3. The van der Waals surface area contributed by atoms with Gasteiger partial charge in [-0.25, -0.2) is 8.42 Å². The van der Waals surface area contributed by atoms with Crippen LogP contribution in [0.3, 0.4) is 0 Å². The molecule has 3 aliphatic rings. The molecule has 43 heavy (non-hydrogen) atoms. The number of allylic oxidation sites excluding steroid dienone is 2. The molecule has 3 heterocycles. The Bertz CT molecular complexity index is 1190. The molecule has 3 rings (SSSR count). The average molecular weight is 625 g/mol. The van der Waals surface area contributed by atoms with Crippen LogP contribution in [-0.2, 0) is 43.2 Å². The smallest absolute Gasteiger partial charge is 0.303 e. The van der Waals surface area contributed by atoms with Crippen LogP contribution in [-0.4, -0.2) is 93.5 Å². The first-order valence-corrected chi connectivity index (χ1v) is 17.1. The molecule has 11 nitrogen and oxygen atoms in total. The number of ether oxygens (including phenoxy) is 4. The van der Waals surface area contributed by atoms with Crippen LogP contribution in [0.4, 0.5) is 0 Å². The van der Waals surface area contributed by atoms with Crippen molar-refractivity contribution in [3.8, 4) is 0 Å². The van der Waals surface area contributed by atoms with Gasteiger partial charge in [-0.15, -0.1) is 0 Å². The lowest BCUT2D eigenvalue weighted by atomic mass is 9.88. The van der Waals surface area contributed by atoms with Gasteiger partial charge in [-0.2, -0.15) is 0 Å². The molecule has 3 aliphatic heterocycles. The number of epoxide rings is 1. The number of rotatable bonds is 13. The second kappa shape index (κ2) is 15.5. The Morgan fingerprint density at radius 3 is 2.49 bits per heavy atom. The summed E-state index contributed by atoms with van der Waals surface area (Å²) in [5.41, 5.74) is 0.827. The molecule has 8 atom stereocenters. The summed E-state index contributed by atoms with van der Waals surface area (Å²) in [7, 11) is -3.14. The van der Waals surface area contributed by atoms with Crippen molar-refractivity contribution in [3.05, 3.63) is 36.0 Å². The maximum atomic E-state index is 12.4. The molecular weight excluding hydrogens is 576 g/mol. The van der Waals surface area contributed by atoms with Gasteiger partial charge in [-0.1, -0.05) is 30.7 Å². The Morgan fingerprint density at radius 2 is 1.84 bits per heavy atom. The lowest BCUT2D eigenvalue weighted by molar-refractivity contribution is -0.143. The third-order valence-electron chi connectivity index (χ3n) is 7.96. The van der Waals surface area contributed by atoms with Crippen molar-refractivity contribution in [1.82, 2.24) is 10.6 Å². The Morgan fingerprint density at radius 1 is 1.12 bits per heavy atom. The maximum absolute atomic E-state index is 12.4. The van der Waals surface area contributed by atoms with Crippen molar-refractivity contribution in [2.24, 2.45) is 5.92 Å². The minimum Gasteiger partial charge on any atom is -0.459 e. The number of esters is 1. The van der Waals surface area contributed by atoms with E-state index in [2.05, 4.69) is 23.6 Å². The van der Waals surface area contributed by atoms with E-state index in [1.165, 1.54) is 13.0 Å². The normalized spacial score (nSPS) is 32.1. The van der Waals surface area contributed by atoms with E-state index in [0.717, 1.165) is 31.1 Å². The molecule has 3 fully saturated rings. The Hall–Kier alpha value is -2.54. The molecule has 242 valence electrons. The SMILES string of the molecule is CC(=O)O[C@@H](C)/C=C\C(=O)N[C@@H]1C[C@H](C)[C@H](C/C=C(C)/C=C/[C@@H]2C[C@]3(CO3)C[C@@H](CC(=O)NCCS(C)(=O)=O)O2)O[C@@H]1C. The fourth-order valence-electron chi connectivity index (χ4n) is 5.53. The molecule has 0 saturated carbocycles. The number of hydrogen-bond donors (Lipinski definition) is 2. The predicted octanol–water partition coefficient (Wildman–Crippen LogP) is 2.55. The van der Waals surface area contributed by atoms with Gasteiger partial charge in [-0.05, 0) is 45.6 Å². The van der Waals surface area contributed by atoms with E-state index in [1.54, 1.807) is 13.0 Å². The molecule has 2 amide bonds. The van der Waals surface area contributed by atoms with Gasteiger partial charge in [0.2, 0.25) is 11.8 Å². The second-order valence-corrected chi connectivity index (χ2v) is 14.5. The molecule has 2 N–H and O–H groups in total. The highest BCUT2D eigenvalue weighted by Crippen LogP contribution is 2.43. The zero-order valence-electron chi connectivity index (χ0n) is 26.2. The molecule has 12 heteroatoms. The molecule has 0 unspecified atom stereocenters. The Balaban J connectivity index is 1.46. The van der Waals surface area contributed by atoms with Crippen LogP contribution in [0, 0.1) is 5.92 Å². The third-order valence-corrected chi connectivity index (χ3v) is 8.91. The van der Waals surface area contributed by atoms with Gasteiger partial charge < -0.3 is 29.6 Å². The second-order valence-electron chi connectivity index (χ2n) is 12.3. The van der Waals surface area contributed by atoms with Crippen molar-refractivity contribution < 1.29 is 41.7 Å². The van der Waals surface area contributed by atoms with E-state index in [4.69, 9.17) is 18.9 Å². The van der Waals surface area contributed by atoms with Crippen molar-refractivity contribution in [2.75, 3.05) is 25.2 Å². The molecule has 0 radical (unpaired) electrons. The summed E-state index contributed by atoms with van der Waals surface area (Å²) in [6.07, 6.45) is 12.2. The van der Waals surface area contributed by atoms with E-state index >= 15 is 0 Å². The number of nitrogens with one attached hydrogen (secondary N) is 2. The minimum atomic E-state index is -3.14. The van der Waals surface area contributed by atoms with Crippen LogP contribution >= 0.6 is 0 Å². The summed E-state index contributed by atoms with van der Waals surface area (Å²) in [4.78, 5) is 35.7. The van der Waals surface area contributed by atoms with E-state index in [1.807, 2.05) is 26.0 Å². The zero-order valence-corrected chi connectivity index (χ0v) is 27.0. The Kier molecular flexibility index (Phi) is 12.6. The number of carbonyl (C=O) groups excluding carboxylic acids is 3. The molecule has 3 saturated heterocycles. The molecule has 0 aliphatic carbocycles. The summed E-state index contributed by atoms with van der Waals surface area (Å²) in [5.74, 6) is -0.730. The molecule has 1 spiro atoms. The summed E-state index contributed by atoms with van der Waals surface area (Å²) in [6.45, 7) is 9.88. The van der Waals surface area contributed by atoms with Gasteiger partial charge in [0.05, 0.1) is 54.8 Å². The molecule has 0 aromatic rings. The Labute approximate surface area is 255 Å². The topological polar surface area (TPSA) is 150 Å². The van der Waals surface area contributed by atoms with Crippen LogP contribution in [0.2, 0.25) is 0 Å². The highest BCUT2D eigenvalue weighted by Gasteiger charge is 2.51. The highest BCUT2D eigenvalue weighted by atomic mass is 32.2. The number of hydrogen-bond acceptors (Lipinski definition) is 9. The van der Waals surface area contributed by atoms with E-state index < -0.39 is 21.9 Å². The zero-order chi connectivity index (χ0) is 31.8. The first-order chi connectivity index (χ1) is 20.1. The quantitative estimate of drug-likeness (QED) is 0.136. The van der Waals surface area contributed by atoms with E-state index in [9.17, 15) is 22.8 Å². The maximum Gasteiger partial charge on any atom is 0.303 e. The highest BCUT2D eigenvalue weighted by molar-refractivity contribution is 7.90. The third kappa shape index (κ3) is 12.5. The van der Waals surface area contributed by atoms with Crippen molar-refractivity contribution in [3.63, 3.8) is 0 Å². The molecule has 0 aromatic heterocycles. The van der Waals surface area contributed by atoms with E-state index in [0.29, 0.717) is 13.0 Å². The van der Waals surface area contributed by atoms with Gasteiger partial charge >= 0.3 is 5.97 Å². The minimum absolute atomic E-state index is 0.0192. The standard InChI is InChI=1S/C31H48N2O9S/c1-20(7-10-25-17-31(19-39-31)18-26(42-25)16-30(36)32-13-14-43(6,37)38)8-11-28-21(2)15-27(23(4)41-28)33-29(35)12-9-22(3)40-24(5)34/h7-10,12,21-23,25-28H,11,13-19H2,1-6H3,(H,32,36)(H,33,35)/b10-7+,12-9-,20-8+/t21-,22-,23+,25+,26+,27+,28-,31+/m0/s1. The predicted molar refractivity (Wildman–Crippen MR) is 162 cm³/mol. The monoisotopic (exact) mass is 624 g/mol. The van der Waals surface area contributed by atoms with Crippen molar-refractivity contribution in [2.45, 2.75) is 109 Å². The van der Waals surface area contributed by atoms with Gasteiger partial charge in [0.15, 0.2) is 0 Å². The number of sulfone groups is 1. The molecule has 0 bridgehead atoms.